The monoisotopic (exact) mass is 393 g/mol. The molecule has 0 aliphatic rings. The molecule has 0 spiro atoms. The van der Waals surface area contributed by atoms with E-state index in [1.165, 1.54) is 0 Å². The molecule has 0 atom stereocenters. The number of hydrogen-bond acceptors (Lipinski definition) is 5. The summed E-state index contributed by atoms with van der Waals surface area (Å²) in [6.07, 6.45) is 0. The van der Waals surface area contributed by atoms with Gasteiger partial charge in [0.05, 0.1) is 5.52 Å². The van der Waals surface area contributed by atoms with Gasteiger partial charge >= 0.3 is 0 Å². The molecule has 4 nitrogen and oxygen atoms in total. The molecule has 1 aromatic carbocycles. The second kappa shape index (κ2) is 9.01. The Morgan fingerprint density at radius 2 is 1.78 bits per heavy atom. The van der Waals surface area contributed by atoms with E-state index in [9.17, 15) is 0 Å². The summed E-state index contributed by atoms with van der Waals surface area (Å²) < 4.78 is 0.888. The van der Waals surface area contributed by atoms with Crippen molar-refractivity contribution in [1.29, 1.82) is 0 Å². The number of benzene rings is 1. The minimum absolute atomic E-state index is 0. The standard InChI is InChI=1S/C8H5BrN2S2.C2H7N2.Zn/c9-4-2-1-3-5-6(4)11-8(13)7(12)10-5;3-1-2-4;/h1-3H,(H,10,12)(H,11,13);3H,1-2,4H2;/q;-1;/p-2. The predicted octanol–water partition coefficient (Wildman–Crippen LogP) is 2.20. The molecule has 0 aliphatic heterocycles. The van der Waals surface area contributed by atoms with Crippen molar-refractivity contribution in [1.82, 2.24) is 9.97 Å². The Balaban J connectivity index is 0.000000512. The molecule has 3 N–H and O–H groups in total. The van der Waals surface area contributed by atoms with Gasteiger partial charge in [-0.3, -0.25) is 9.97 Å². The second-order valence-electron chi connectivity index (χ2n) is 2.98. The number of hydrogen-bond donors (Lipinski definition) is 1. The molecule has 0 radical (unpaired) electrons. The Hall–Kier alpha value is 0.0234. The first-order chi connectivity index (χ1) is 8.10. The van der Waals surface area contributed by atoms with Crippen LogP contribution in [-0.2, 0) is 44.7 Å². The van der Waals surface area contributed by atoms with Crippen LogP contribution in [-0.4, -0.2) is 23.1 Å². The molecule has 2 aromatic rings. The zero-order valence-electron chi connectivity index (χ0n) is 9.52. The van der Waals surface area contributed by atoms with Gasteiger partial charge < -0.3 is 36.7 Å². The number of nitrogens with one attached hydrogen (secondary N) is 1. The van der Waals surface area contributed by atoms with Gasteiger partial charge in [-0.2, -0.15) is 0 Å². The second-order valence-corrected chi connectivity index (χ2v) is 4.61. The molecule has 2 rings (SSSR count). The molecule has 1 aromatic heterocycles. The Kier molecular flexibility index (Phi) is 9.02. The van der Waals surface area contributed by atoms with E-state index >= 15 is 0 Å². The summed E-state index contributed by atoms with van der Waals surface area (Å²) in [4.78, 5) is 8.33. The van der Waals surface area contributed by atoms with Crippen molar-refractivity contribution >= 4 is 52.2 Å². The third-order valence-corrected chi connectivity index (χ3v) is 3.07. The van der Waals surface area contributed by atoms with Crippen LogP contribution < -0.4 is 5.73 Å². The number of nitrogens with two attached hydrogens (primary N) is 1. The molecule has 0 bridgehead atoms. The van der Waals surface area contributed by atoms with Gasteiger partial charge in [-0.1, -0.05) is 16.1 Å². The summed E-state index contributed by atoms with van der Waals surface area (Å²) >= 11 is 13.2. The average molecular weight is 396 g/mol. The molecule has 0 saturated carbocycles. The Morgan fingerprint density at radius 1 is 1.22 bits per heavy atom. The molecule has 18 heavy (non-hydrogen) atoms. The molecule has 94 valence electrons. The van der Waals surface area contributed by atoms with E-state index in [4.69, 9.17) is 36.7 Å². The smallest absolute Gasteiger partial charge is 0.101 e. The van der Waals surface area contributed by atoms with Gasteiger partial charge in [0, 0.05) is 24.0 Å². The zero-order chi connectivity index (χ0) is 12.8. The van der Waals surface area contributed by atoms with Crippen LogP contribution in [0.4, 0.5) is 0 Å². The maximum absolute atomic E-state index is 6.33. The SMILES string of the molecule is [NH-]CCN.[S-]c1nc2cccc(Br)c2nc1[S-].[Zn]. The average Bonchev–Trinajstić information content (AvgIpc) is 2.32. The van der Waals surface area contributed by atoms with Gasteiger partial charge in [-0.15, -0.1) is 6.54 Å². The number of rotatable bonds is 1. The summed E-state index contributed by atoms with van der Waals surface area (Å²) in [6.45, 7) is 0.833. The van der Waals surface area contributed by atoms with Crippen LogP contribution >= 0.6 is 15.9 Å². The number of para-hydroxylation sites is 1. The summed E-state index contributed by atoms with van der Waals surface area (Å²) in [6, 6.07) is 5.64. The topological polar surface area (TPSA) is 75.6 Å². The number of nitrogens with zero attached hydrogens (tertiary/aromatic N) is 2. The fraction of sp³-hybridized carbons (Fsp3) is 0.200. The van der Waals surface area contributed by atoms with Crippen LogP contribution in [0, 0.1) is 0 Å². The maximum Gasteiger partial charge on any atom is 0.101 e. The van der Waals surface area contributed by atoms with Gasteiger partial charge in [0.1, 0.15) is 5.52 Å². The van der Waals surface area contributed by atoms with Crippen molar-refractivity contribution in [3.63, 3.8) is 0 Å². The number of halogens is 1. The van der Waals surface area contributed by atoms with E-state index in [1.807, 2.05) is 18.2 Å². The Labute approximate surface area is 138 Å². The van der Waals surface area contributed by atoms with Crippen LogP contribution in [0.15, 0.2) is 32.7 Å². The molecule has 8 heteroatoms. The van der Waals surface area contributed by atoms with Gasteiger partial charge in [-0.05, 0) is 34.6 Å². The van der Waals surface area contributed by atoms with E-state index in [0.29, 0.717) is 23.1 Å². The quantitative estimate of drug-likeness (QED) is 0.592. The van der Waals surface area contributed by atoms with Crippen LogP contribution in [0.2, 0.25) is 0 Å². The van der Waals surface area contributed by atoms with E-state index in [2.05, 4.69) is 25.9 Å². The number of fused-ring (bicyclic) bond motifs is 1. The minimum atomic E-state index is 0. The van der Waals surface area contributed by atoms with Crippen molar-refractivity contribution in [2.24, 2.45) is 5.73 Å². The van der Waals surface area contributed by atoms with Crippen LogP contribution in [0.5, 0.6) is 0 Å². The molecule has 0 unspecified atom stereocenters. The first kappa shape index (κ1) is 18.0. The summed E-state index contributed by atoms with van der Waals surface area (Å²) in [5.41, 5.74) is 12.7. The van der Waals surface area contributed by atoms with E-state index in [-0.39, 0.29) is 19.5 Å². The molecule has 0 amide bonds. The summed E-state index contributed by atoms with van der Waals surface area (Å²) in [5.74, 6) is 0. The van der Waals surface area contributed by atoms with Gasteiger partial charge in [0.25, 0.3) is 0 Å². The van der Waals surface area contributed by atoms with Crippen molar-refractivity contribution in [3.8, 4) is 0 Å². The molecular formula is C10H10BrN4S2Zn-3. The summed E-state index contributed by atoms with van der Waals surface area (Å²) in [7, 11) is 0. The van der Waals surface area contributed by atoms with E-state index < -0.39 is 0 Å². The fourth-order valence-electron chi connectivity index (χ4n) is 1.01. The van der Waals surface area contributed by atoms with Gasteiger partial charge in [0.2, 0.25) is 0 Å². The fourth-order valence-corrected chi connectivity index (χ4v) is 1.74. The maximum atomic E-state index is 6.33. The van der Waals surface area contributed by atoms with Crippen molar-refractivity contribution < 1.29 is 19.5 Å². The molecular weight excluding hydrogens is 386 g/mol. The third-order valence-electron chi connectivity index (χ3n) is 1.73. The normalized spacial score (nSPS) is 9.28. The molecule has 0 aliphatic carbocycles. The molecule has 0 saturated heterocycles. The number of aromatic nitrogens is 2. The largest absolute Gasteiger partial charge is 0.760 e. The predicted molar refractivity (Wildman–Crippen MR) is 76.7 cm³/mol. The van der Waals surface area contributed by atoms with Crippen LogP contribution in [0.1, 0.15) is 0 Å². The zero-order valence-corrected chi connectivity index (χ0v) is 15.7. The van der Waals surface area contributed by atoms with Crippen LogP contribution in [0.3, 0.4) is 0 Å². The van der Waals surface area contributed by atoms with E-state index in [1.54, 1.807) is 0 Å². The summed E-state index contributed by atoms with van der Waals surface area (Å²) in [5, 5.41) is 0.773. The minimum Gasteiger partial charge on any atom is -0.760 e. The van der Waals surface area contributed by atoms with Gasteiger partial charge in [-0.25, -0.2) is 0 Å². The van der Waals surface area contributed by atoms with Crippen molar-refractivity contribution in [3.05, 3.63) is 28.4 Å². The Bertz CT molecular complexity index is 510. The van der Waals surface area contributed by atoms with Crippen LogP contribution in [0.25, 0.3) is 16.8 Å². The molecule has 0 fully saturated rings. The van der Waals surface area contributed by atoms with Gasteiger partial charge in [0.15, 0.2) is 0 Å². The Morgan fingerprint density at radius 3 is 2.33 bits per heavy atom. The van der Waals surface area contributed by atoms with E-state index in [0.717, 1.165) is 15.5 Å². The van der Waals surface area contributed by atoms with Crippen molar-refractivity contribution in [2.45, 2.75) is 10.1 Å². The van der Waals surface area contributed by atoms with Crippen molar-refractivity contribution in [2.75, 3.05) is 13.1 Å². The molecule has 1 heterocycles. The first-order valence-corrected chi connectivity index (χ1v) is 6.36. The third kappa shape index (κ3) is 4.95. The first-order valence-electron chi connectivity index (χ1n) is 4.75.